The number of nitrogens with two attached hydrogens (primary N) is 1. The van der Waals surface area contributed by atoms with Crippen LogP contribution in [0.4, 0.5) is 0 Å². The number of hydrogen-bond donors (Lipinski definition) is 3. The molecule has 0 saturated heterocycles. The maximum absolute atomic E-state index is 11.7. The van der Waals surface area contributed by atoms with Crippen molar-refractivity contribution in [1.82, 2.24) is 4.57 Å². The number of fused-ring (bicyclic) bond motifs is 1. The lowest BCUT2D eigenvalue weighted by atomic mass is 10.0. The molecule has 1 heterocycles. The summed E-state index contributed by atoms with van der Waals surface area (Å²) in [4.78, 5) is 11.7. The number of nitrogens with zero attached hydrogens (tertiary/aromatic N) is 1. The van der Waals surface area contributed by atoms with Gasteiger partial charge in [0.15, 0.2) is 0 Å². The lowest BCUT2D eigenvalue weighted by molar-refractivity contribution is 0.0698. The van der Waals surface area contributed by atoms with Crippen LogP contribution in [0.25, 0.3) is 10.9 Å². The molecule has 0 radical (unpaired) electrons. The quantitative estimate of drug-likeness (QED) is 0.732. The molecule has 2 rings (SSSR count). The number of carboxylic acids is 1. The van der Waals surface area contributed by atoms with E-state index in [1.165, 1.54) is 0 Å². The number of aryl methyl sites for hydroxylation is 3. The van der Waals surface area contributed by atoms with Gasteiger partial charge in [0.05, 0.1) is 11.1 Å². The lowest BCUT2D eigenvalue weighted by Crippen LogP contribution is -2.10. The number of aliphatic hydroxyl groups excluding tert-OH is 1. The van der Waals surface area contributed by atoms with Gasteiger partial charge in [-0.1, -0.05) is 12.1 Å². The summed E-state index contributed by atoms with van der Waals surface area (Å²) in [6.07, 6.45) is 2.22. The fraction of sp³-hybridized carbons (Fsp3) is 0.471. The van der Waals surface area contributed by atoms with E-state index < -0.39 is 5.97 Å². The van der Waals surface area contributed by atoms with Crippen molar-refractivity contribution in [1.29, 1.82) is 0 Å². The summed E-state index contributed by atoms with van der Waals surface area (Å²) in [5.41, 5.74) is 9.74. The number of aromatic carboxylic acids is 1. The molecule has 0 aliphatic rings. The van der Waals surface area contributed by atoms with Gasteiger partial charge in [-0.05, 0) is 50.8 Å². The molecule has 1 aromatic heterocycles. The van der Waals surface area contributed by atoms with E-state index >= 15 is 0 Å². The molecule has 0 atom stereocenters. The van der Waals surface area contributed by atoms with Crippen molar-refractivity contribution in [3.8, 4) is 0 Å². The average molecular weight is 304 g/mol. The number of carboxylic acid groups (broad SMARTS) is 1. The highest BCUT2D eigenvalue weighted by Gasteiger charge is 2.21. The zero-order valence-corrected chi connectivity index (χ0v) is 13.2. The zero-order valence-electron chi connectivity index (χ0n) is 13.2. The van der Waals surface area contributed by atoms with Crippen LogP contribution in [-0.2, 0) is 13.0 Å². The molecule has 0 spiro atoms. The topological polar surface area (TPSA) is 88.5 Å². The zero-order chi connectivity index (χ0) is 16.3. The number of aliphatic hydroxyl groups is 1. The second kappa shape index (κ2) is 6.94. The molecule has 0 amide bonds. The molecule has 0 fully saturated rings. The molecule has 4 N–H and O–H groups in total. The SMILES string of the molecule is Cc1ccc2c(CCCO)c(C)n(CCCN)c2c1C(=O)O. The summed E-state index contributed by atoms with van der Waals surface area (Å²) in [5.74, 6) is -0.900. The summed E-state index contributed by atoms with van der Waals surface area (Å²) in [7, 11) is 0. The van der Waals surface area contributed by atoms with Crippen molar-refractivity contribution >= 4 is 16.9 Å². The van der Waals surface area contributed by atoms with Gasteiger partial charge in [-0.3, -0.25) is 0 Å². The second-order valence-corrected chi connectivity index (χ2v) is 5.64. The Hall–Kier alpha value is -1.85. The summed E-state index contributed by atoms with van der Waals surface area (Å²) in [6, 6.07) is 3.86. The van der Waals surface area contributed by atoms with Crippen LogP contribution in [0, 0.1) is 13.8 Å². The van der Waals surface area contributed by atoms with Gasteiger partial charge < -0.3 is 20.5 Å². The van der Waals surface area contributed by atoms with E-state index in [1.54, 1.807) is 0 Å². The number of benzene rings is 1. The maximum Gasteiger partial charge on any atom is 0.338 e. The molecule has 5 nitrogen and oxygen atoms in total. The van der Waals surface area contributed by atoms with Crippen LogP contribution < -0.4 is 5.73 Å². The van der Waals surface area contributed by atoms with Gasteiger partial charge in [-0.15, -0.1) is 0 Å². The average Bonchev–Trinajstić information content (AvgIpc) is 2.74. The summed E-state index contributed by atoms with van der Waals surface area (Å²) in [5, 5.41) is 19.7. The fourth-order valence-electron chi connectivity index (χ4n) is 3.11. The molecule has 0 saturated carbocycles. The van der Waals surface area contributed by atoms with Gasteiger partial charge in [0.2, 0.25) is 0 Å². The van der Waals surface area contributed by atoms with E-state index in [0.717, 1.165) is 40.6 Å². The Morgan fingerprint density at radius 3 is 2.59 bits per heavy atom. The first kappa shape index (κ1) is 16.5. The predicted molar refractivity (Wildman–Crippen MR) is 87.4 cm³/mol. The minimum Gasteiger partial charge on any atom is -0.478 e. The molecule has 0 aliphatic carbocycles. The first-order valence-electron chi connectivity index (χ1n) is 7.68. The van der Waals surface area contributed by atoms with Gasteiger partial charge in [0.1, 0.15) is 0 Å². The molecule has 22 heavy (non-hydrogen) atoms. The van der Waals surface area contributed by atoms with Crippen molar-refractivity contribution in [3.63, 3.8) is 0 Å². The van der Waals surface area contributed by atoms with Crippen LogP contribution in [0.5, 0.6) is 0 Å². The van der Waals surface area contributed by atoms with Crippen LogP contribution in [0.1, 0.15) is 40.0 Å². The minimum atomic E-state index is -0.900. The van der Waals surface area contributed by atoms with Crippen LogP contribution >= 0.6 is 0 Å². The molecular weight excluding hydrogens is 280 g/mol. The fourth-order valence-corrected chi connectivity index (χ4v) is 3.11. The van der Waals surface area contributed by atoms with Gasteiger partial charge in [-0.25, -0.2) is 4.79 Å². The summed E-state index contributed by atoms with van der Waals surface area (Å²) >= 11 is 0. The molecule has 0 aliphatic heterocycles. The van der Waals surface area contributed by atoms with E-state index in [1.807, 2.05) is 26.0 Å². The van der Waals surface area contributed by atoms with Crippen molar-refractivity contribution in [2.75, 3.05) is 13.2 Å². The third kappa shape index (κ3) is 2.87. The van der Waals surface area contributed by atoms with Crippen LogP contribution in [0.2, 0.25) is 0 Å². The van der Waals surface area contributed by atoms with Crippen molar-refractivity contribution < 1.29 is 15.0 Å². The van der Waals surface area contributed by atoms with Crippen molar-refractivity contribution in [2.45, 2.75) is 39.7 Å². The van der Waals surface area contributed by atoms with Crippen molar-refractivity contribution in [3.05, 3.63) is 34.5 Å². The van der Waals surface area contributed by atoms with Gasteiger partial charge in [0.25, 0.3) is 0 Å². The number of rotatable bonds is 7. The molecule has 120 valence electrons. The smallest absolute Gasteiger partial charge is 0.338 e. The molecule has 5 heteroatoms. The van der Waals surface area contributed by atoms with Crippen LogP contribution in [0.3, 0.4) is 0 Å². The second-order valence-electron chi connectivity index (χ2n) is 5.64. The van der Waals surface area contributed by atoms with E-state index in [0.29, 0.717) is 25.1 Å². The Balaban J connectivity index is 2.74. The van der Waals surface area contributed by atoms with Gasteiger partial charge >= 0.3 is 5.97 Å². The highest BCUT2D eigenvalue weighted by atomic mass is 16.4. The Labute approximate surface area is 130 Å². The van der Waals surface area contributed by atoms with E-state index in [9.17, 15) is 9.90 Å². The molecule has 1 aromatic carbocycles. The standard InChI is InChI=1S/C17H24N2O3/c1-11-6-7-14-13(5-3-10-20)12(2)19(9-4-8-18)16(14)15(11)17(21)22/h6-7,20H,3-5,8-10,18H2,1-2H3,(H,21,22). The number of hydrogen-bond acceptors (Lipinski definition) is 3. The number of aromatic nitrogens is 1. The van der Waals surface area contributed by atoms with E-state index in [2.05, 4.69) is 4.57 Å². The Bertz CT molecular complexity index is 689. The van der Waals surface area contributed by atoms with Crippen molar-refractivity contribution in [2.24, 2.45) is 5.73 Å². The molecule has 2 aromatic rings. The molecular formula is C17H24N2O3. The Morgan fingerprint density at radius 1 is 1.27 bits per heavy atom. The molecule has 0 bridgehead atoms. The highest BCUT2D eigenvalue weighted by molar-refractivity contribution is 6.05. The Kier molecular flexibility index (Phi) is 5.21. The third-order valence-corrected chi connectivity index (χ3v) is 4.21. The summed E-state index contributed by atoms with van der Waals surface area (Å²) in [6.45, 7) is 5.25. The third-order valence-electron chi connectivity index (χ3n) is 4.21. The van der Waals surface area contributed by atoms with Crippen LogP contribution in [0.15, 0.2) is 12.1 Å². The Morgan fingerprint density at radius 2 is 2.00 bits per heavy atom. The first-order chi connectivity index (χ1) is 10.5. The van der Waals surface area contributed by atoms with E-state index in [4.69, 9.17) is 10.8 Å². The maximum atomic E-state index is 11.7. The minimum absolute atomic E-state index is 0.132. The highest BCUT2D eigenvalue weighted by Crippen LogP contribution is 2.31. The monoisotopic (exact) mass is 304 g/mol. The number of carbonyl (C=O) groups is 1. The lowest BCUT2D eigenvalue weighted by Gasteiger charge is -2.11. The summed E-state index contributed by atoms with van der Waals surface area (Å²) < 4.78 is 2.07. The largest absolute Gasteiger partial charge is 0.478 e. The van der Waals surface area contributed by atoms with E-state index in [-0.39, 0.29) is 6.61 Å². The molecule has 0 unspecified atom stereocenters. The first-order valence-corrected chi connectivity index (χ1v) is 7.68. The van der Waals surface area contributed by atoms with Crippen LogP contribution in [-0.4, -0.2) is 33.9 Å². The predicted octanol–water partition coefficient (Wildman–Crippen LogP) is 2.23. The normalized spacial score (nSPS) is 11.3. The van der Waals surface area contributed by atoms with Gasteiger partial charge in [-0.2, -0.15) is 0 Å². The van der Waals surface area contributed by atoms with Gasteiger partial charge in [0, 0.05) is 24.2 Å².